The van der Waals surface area contributed by atoms with Crippen molar-refractivity contribution in [3.8, 4) is 0 Å². The van der Waals surface area contributed by atoms with E-state index in [0.29, 0.717) is 0 Å². The number of aliphatic hydroxyl groups is 1. The SMILES string of the molecule is CC(=O)OC[C@H]1O[C@@H](OC/C=C\CO)[C@H](OC(C)=O)[C@@H](OC(C)=O)[C@@H]1OC(C)=O. The molecule has 1 aliphatic rings. The lowest BCUT2D eigenvalue weighted by atomic mass is 9.98. The second-order valence-electron chi connectivity index (χ2n) is 6.05. The van der Waals surface area contributed by atoms with Gasteiger partial charge in [-0.15, -0.1) is 0 Å². The summed E-state index contributed by atoms with van der Waals surface area (Å²) in [6.45, 7) is 4.02. The van der Waals surface area contributed by atoms with E-state index in [1.165, 1.54) is 19.1 Å². The molecule has 0 unspecified atom stereocenters. The molecule has 0 radical (unpaired) electrons. The van der Waals surface area contributed by atoms with Crippen LogP contribution in [0.5, 0.6) is 0 Å². The van der Waals surface area contributed by atoms with Crippen LogP contribution in [0.15, 0.2) is 12.2 Å². The maximum atomic E-state index is 11.6. The van der Waals surface area contributed by atoms with Gasteiger partial charge in [0.05, 0.1) is 13.2 Å². The molecule has 1 N–H and O–H groups in total. The van der Waals surface area contributed by atoms with Crippen LogP contribution >= 0.6 is 0 Å². The van der Waals surface area contributed by atoms with Crippen LogP contribution in [0.1, 0.15) is 27.7 Å². The lowest BCUT2D eigenvalue weighted by Crippen LogP contribution is -2.62. The first kappa shape index (κ1) is 24.5. The van der Waals surface area contributed by atoms with Crippen molar-refractivity contribution in [3.05, 3.63) is 12.2 Å². The largest absolute Gasteiger partial charge is 0.463 e. The van der Waals surface area contributed by atoms with Crippen molar-refractivity contribution in [2.24, 2.45) is 0 Å². The third-order valence-corrected chi connectivity index (χ3v) is 3.58. The zero-order valence-corrected chi connectivity index (χ0v) is 16.7. The average molecular weight is 418 g/mol. The molecule has 0 aromatic heterocycles. The number of esters is 4. The molecule has 0 aromatic rings. The highest BCUT2D eigenvalue weighted by Crippen LogP contribution is 2.29. The van der Waals surface area contributed by atoms with Crippen LogP contribution in [0.25, 0.3) is 0 Å². The molecule has 11 heteroatoms. The third-order valence-electron chi connectivity index (χ3n) is 3.58. The van der Waals surface area contributed by atoms with Gasteiger partial charge in [-0.3, -0.25) is 19.2 Å². The van der Waals surface area contributed by atoms with Gasteiger partial charge in [-0.1, -0.05) is 12.2 Å². The molecule has 11 nitrogen and oxygen atoms in total. The summed E-state index contributed by atoms with van der Waals surface area (Å²) in [5.74, 6) is -2.76. The van der Waals surface area contributed by atoms with Crippen LogP contribution in [0.3, 0.4) is 0 Å². The number of carbonyl (C=O) groups is 4. The molecule has 1 saturated heterocycles. The summed E-state index contributed by atoms with van der Waals surface area (Å²) in [5, 5.41) is 8.80. The highest BCUT2D eigenvalue weighted by Gasteiger charge is 2.52. The van der Waals surface area contributed by atoms with Crippen molar-refractivity contribution in [3.63, 3.8) is 0 Å². The quantitative estimate of drug-likeness (QED) is 0.297. The van der Waals surface area contributed by atoms with E-state index >= 15 is 0 Å². The number of aliphatic hydroxyl groups excluding tert-OH is 1. The van der Waals surface area contributed by atoms with Crippen LogP contribution in [-0.2, 0) is 47.6 Å². The Bertz CT molecular complexity index is 615. The Labute approximate surface area is 167 Å². The smallest absolute Gasteiger partial charge is 0.303 e. The summed E-state index contributed by atoms with van der Waals surface area (Å²) < 4.78 is 31.9. The summed E-state index contributed by atoms with van der Waals surface area (Å²) >= 11 is 0. The van der Waals surface area contributed by atoms with E-state index in [4.69, 9.17) is 33.5 Å². The highest BCUT2D eigenvalue weighted by molar-refractivity contribution is 5.68. The summed E-state index contributed by atoms with van der Waals surface area (Å²) in [6, 6.07) is 0. The van der Waals surface area contributed by atoms with Crippen molar-refractivity contribution in [1.82, 2.24) is 0 Å². The van der Waals surface area contributed by atoms with Gasteiger partial charge < -0.3 is 33.5 Å². The lowest BCUT2D eigenvalue weighted by Gasteiger charge is -2.43. The summed E-state index contributed by atoms with van der Waals surface area (Å²) in [4.78, 5) is 46.0. The Kier molecular flexibility index (Phi) is 10.3. The van der Waals surface area contributed by atoms with Gasteiger partial charge in [-0.2, -0.15) is 0 Å². The molecule has 1 fully saturated rings. The van der Waals surface area contributed by atoms with E-state index in [2.05, 4.69) is 0 Å². The second kappa shape index (κ2) is 12.1. The van der Waals surface area contributed by atoms with Crippen molar-refractivity contribution in [2.75, 3.05) is 19.8 Å². The molecule has 0 aliphatic carbocycles. The molecule has 1 heterocycles. The van der Waals surface area contributed by atoms with Gasteiger partial charge in [-0.05, 0) is 0 Å². The summed E-state index contributed by atoms with van der Waals surface area (Å²) in [5.41, 5.74) is 0. The molecule has 164 valence electrons. The monoisotopic (exact) mass is 418 g/mol. The predicted molar refractivity (Wildman–Crippen MR) is 94.1 cm³/mol. The Morgan fingerprint density at radius 2 is 1.38 bits per heavy atom. The molecule has 5 atom stereocenters. The molecule has 0 bridgehead atoms. The van der Waals surface area contributed by atoms with Crippen molar-refractivity contribution in [2.45, 2.75) is 58.4 Å². The topological polar surface area (TPSA) is 144 Å². The van der Waals surface area contributed by atoms with E-state index < -0.39 is 54.6 Å². The fraction of sp³-hybridized carbons (Fsp3) is 0.667. The van der Waals surface area contributed by atoms with Gasteiger partial charge >= 0.3 is 23.9 Å². The number of hydrogen-bond acceptors (Lipinski definition) is 11. The summed E-state index contributed by atoms with van der Waals surface area (Å²) in [6.07, 6.45) is -3.16. The molecule has 0 spiro atoms. The normalized spacial score (nSPS) is 26.6. The molecule has 0 saturated carbocycles. The number of ether oxygens (including phenoxy) is 6. The Morgan fingerprint density at radius 3 is 1.90 bits per heavy atom. The predicted octanol–water partition coefficient (Wildman–Crippen LogP) is -0.365. The van der Waals surface area contributed by atoms with E-state index in [1.807, 2.05) is 0 Å². The summed E-state index contributed by atoms with van der Waals surface area (Å²) in [7, 11) is 0. The zero-order chi connectivity index (χ0) is 22.0. The third kappa shape index (κ3) is 8.59. The van der Waals surface area contributed by atoms with Gasteiger partial charge in [0.2, 0.25) is 0 Å². The van der Waals surface area contributed by atoms with Crippen molar-refractivity contribution < 1.29 is 52.7 Å². The first-order valence-corrected chi connectivity index (χ1v) is 8.83. The van der Waals surface area contributed by atoms with Crippen LogP contribution in [0.4, 0.5) is 0 Å². The van der Waals surface area contributed by atoms with E-state index in [0.717, 1.165) is 20.8 Å². The van der Waals surface area contributed by atoms with Gasteiger partial charge in [0, 0.05) is 27.7 Å². The lowest BCUT2D eigenvalue weighted by molar-refractivity contribution is -0.306. The fourth-order valence-corrected chi connectivity index (χ4v) is 2.62. The first-order valence-electron chi connectivity index (χ1n) is 8.83. The number of hydrogen-bond donors (Lipinski definition) is 1. The highest BCUT2D eigenvalue weighted by atomic mass is 16.7. The number of rotatable bonds is 9. The van der Waals surface area contributed by atoms with Gasteiger partial charge in [0.1, 0.15) is 12.7 Å². The molecule has 0 amide bonds. The average Bonchev–Trinajstić information content (AvgIpc) is 2.60. The maximum Gasteiger partial charge on any atom is 0.303 e. The molecular weight excluding hydrogens is 392 g/mol. The van der Waals surface area contributed by atoms with E-state index in [9.17, 15) is 19.2 Å². The molecule has 0 aromatic carbocycles. The van der Waals surface area contributed by atoms with Gasteiger partial charge in [0.15, 0.2) is 24.6 Å². The first-order chi connectivity index (χ1) is 13.6. The minimum Gasteiger partial charge on any atom is -0.463 e. The second-order valence-corrected chi connectivity index (χ2v) is 6.05. The van der Waals surface area contributed by atoms with Crippen molar-refractivity contribution in [1.29, 1.82) is 0 Å². The Balaban J connectivity index is 3.22. The molecular formula is C18H26O11. The van der Waals surface area contributed by atoms with Gasteiger partial charge in [-0.25, -0.2) is 0 Å². The minimum absolute atomic E-state index is 0.0334. The maximum absolute atomic E-state index is 11.6. The molecule has 29 heavy (non-hydrogen) atoms. The molecule has 1 aliphatic heterocycles. The Hall–Kier alpha value is -2.50. The van der Waals surface area contributed by atoms with Crippen LogP contribution in [0.2, 0.25) is 0 Å². The number of carbonyl (C=O) groups excluding carboxylic acids is 4. The van der Waals surface area contributed by atoms with Gasteiger partial charge in [0.25, 0.3) is 0 Å². The fourth-order valence-electron chi connectivity index (χ4n) is 2.62. The standard InChI is InChI=1S/C18H26O11/c1-10(20)25-9-14-15(26-11(2)21)16(27-12(3)22)17(28-13(4)23)18(29-14)24-8-6-5-7-19/h5-6,14-19H,7-9H2,1-4H3/b6-5-/t14-,15-,16+,17-,18-/m1/s1. The zero-order valence-electron chi connectivity index (χ0n) is 16.7. The van der Waals surface area contributed by atoms with E-state index in [1.54, 1.807) is 0 Å². The Morgan fingerprint density at radius 1 is 0.828 bits per heavy atom. The van der Waals surface area contributed by atoms with Crippen LogP contribution < -0.4 is 0 Å². The minimum atomic E-state index is -1.28. The van der Waals surface area contributed by atoms with Crippen LogP contribution in [-0.4, -0.2) is 79.5 Å². The van der Waals surface area contributed by atoms with Crippen LogP contribution in [0, 0.1) is 0 Å². The molecule has 1 rings (SSSR count). The van der Waals surface area contributed by atoms with Crippen molar-refractivity contribution >= 4 is 23.9 Å². The van der Waals surface area contributed by atoms with E-state index in [-0.39, 0.29) is 19.8 Å².